The van der Waals surface area contributed by atoms with Crippen LogP contribution in [0.4, 0.5) is 10.5 Å². The number of ether oxygens (including phenoxy) is 1. The van der Waals surface area contributed by atoms with Gasteiger partial charge in [-0.1, -0.05) is 63.2 Å². The Balaban J connectivity index is 1.57. The maximum atomic E-state index is 12.8. The van der Waals surface area contributed by atoms with Crippen molar-refractivity contribution < 1.29 is 19.1 Å². The number of carbonyl (C=O) groups is 3. The molecule has 0 saturated carbocycles. The van der Waals surface area contributed by atoms with Gasteiger partial charge < -0.3 is 9.64 Å². The van der Waals surface area contributed by atoms with Crippen LogP contribution in [-0.2, 0) is 27.2 Å². The standard InChI is InChI=1S/C26H32N2O4/c1-26(2,3)17-24(30)27(4)21-13-10-19(11-14-21)12-15-23(29)28-22(18-32-25(28)31)16-20-8-6-5-7-9-20/h5-11,13-14,22H,12,15-18H2,1-4H3/t22-/m1/s1. The number of carbonyl (C=O) groups excluding carboxylic acids is 3. The molecule has 0 unspecified atom stereocenters. The lowest BCUT2D eigenvalue weighted by Crippen LogP contribution is -2.40. The Kier molecular flexibility index (Phi) is 7.33. The molecule has 3 rings (SSSR count). The summed E-state index contributed by atoms with van der Waals surface area (Å²) >= 11 is 0. The number of amides is 3. The van der Waals surface area contributed by atoms with Gasteiger partial charge in [0.25, 0.3) is 0 Å². The van der Waals surface area contributed by atoms with E-state index in [9.17, 15) is 14.4 Å². The molecule has 6 heteroatoms. The summed E-state index contributed by atoms with van der Waals surface area (Å²) in [4.78, 5) is 40.3. The number of rotatable bonds is 7. The Bertz CT molecular complexity index is 948. The van der Waals surface area contributed by atoms with Gasteiger partial charge in [-0.05, 0) is 41.5 Å². The number of hydrogen-bond donors (Lipinski definition) is 0. The van der Waals surface area contributed by atoms with E-state index in [2.05, 4.69) is 0 Å². The second-order valence-electron chi connectivity index (χ2n) is 9.54. The molecule has 1 aliphatic rings. The van der Waals surface area contributed by atoms with Crippen molar-refractivity contribution in [1.29, 1.82) is 0 Å². The number of cyclic esters (lactones) is 1. The topological polar surface area (TPSA) is 66.9 Å². The molecule has 1 saturated heterocycles. The summed E-state index contributed by atoms with van der Waals surface area (Å²) in [7, 11) is 1.78. The lowest BCUT2D eigenvalue weighted by Gasteiger charge is -2.23. The minimum Gasteiger partial charge on any atom is -0.447 e. The fourth-order valence-corrected chi connectivity index (χ4v) is 3.78. The van der Waals surface area contributed by atoms with Gasteiger partial charge in [0, 0.05) is 25.6 Å². The Labute approximate surface area is 190 Å². The lowest BCUT2D eigenvalue weighted by molar-refractivity contribution is -0.129. The van der Waals surface area contributed by atoms with Gasteiger partial charge in [0.1, 0.15) is 6.61 Å². The molecule has 170 valence electrons. The highest BCUT2D eigenvalue weighted by Crippen LogP contribution is 2.23. The van der Waals surface area contributed by atoms with Gasteiger partial charge in [0.05, 0.1) is 6.04 Å². The molecule has 1 fully saturated rings. The number of imide groups is 1. The molecule has 0 N–H and O–H groups in total. The summed E-state index contributed by atoms with van der Waals surface area (Å²) in [5, 5.41) is 0. The largest absolute Gasteiger partial charge is 0.447 e. The first-order valence-electron chi connectivity index (χ1n) is 11.0. The van der Waals surface area contributed by atoms with Crippen LogP contribution >= 0.6 is 0 Å². The molecule has 0 bridgehead atoms. The van der Waals surface area contributed by atoms with Crippen LogP contribution in [-0.4, -0.2) is 42.5 Å². The SMILES string of the molecule is CN(C(=O)CC(C)(C)C)c1ccc(CCC(=O)N2C(=O)OC[C@H]2Cc2ccccc2)cc1. The zero-order valence-corrected chi connectivity index (χ0v) is 19.3. The van der Waals surface area contributed by atoms with Crippen molar-refractivity contribution in [2.24, 2.45) is 5.41 Å². The van der Waals surface area contributed by atoms with E-state index in [1.807, 2.05) is 75.4 Å². The van der Waals surface area contributed by atoms with E-state index in [1.165, 1.54) is 4.90 Å². The predicted molar refractivity (Wildman–Crippen MR) is 124 cm³/mol. The fourth-order valence-electron chi connectivity index (χ4n) is 3.78. The average Bonchev–Trinajstić information content (AvgIpc) is 3.11. The highest BCUT2D eigenvalue weighted by atomic mass is 16.6. The lowest BCUT2D eigenvalue weighted by atomic mass is 9.91. The van der Waals surface area contributed by atoms with Gasteiger partial charge >= 0.3 is 6.09 Å². The molecular formula is C26H32N2O4. The summed E-state index contributed by atoms with van der Waals surface area (Å²) in [6.45, 7) is 6.35. The van der Waals surface area contributed by atoms with Gasteiger partial charge in [-0.25, -0.2) is 9.69 Å². The summed E-state index contributed by atoms with van der Waals surface area (Å²) in [6.07, 6.45) is 1.22. The Morgan fingerprint density at radius 1 is 1.03 bits per heavy atom. The molecule has 0 spiro atoms. The van der Waals surface area contributed by atoms with E-state index in [1.54, 1.807) is 11.9 Å². The first-order chi connectivity index (χ1) is 15.1. The number of nitrogens with zero attached hydrogens (tertiary/aromatic N) is 2. The second kappa shape index (κ2) is 9.98. The Morgan fingerprint density at radius 3 is 2.31 bits per heavy atom. The minimum absolute atomic E-state index is 0.0671. The van der Waals surface area contributed by atoms with Crippen LogP contribution in [0.15, 0.2) is 54.6 Å². The van der Waals surface area contributed by atoms with E-state index in [4.69, 9.17) is 4.74 Å². The van der Waals surface area contributed by atoms with Gasteiger partial charge in [0.15, 0.2) is 0 Å². The smallest absolute Gasteiger partial charge is 0.416 e. The molecule has 0 radical (unpaired) electrons. The van der Waals surface area contributed by atoms with Crippen LogP contribution in [0, 0.1) is 5.41 Å². The van der Waals surface area contributed by atoms with E-state index in [0.29, 0.717) is 19.3 Å². The molecule has 2 aromatic carbocycles. The number of benzene rings is 2. The normalized spacial score (nSPS) is 16.1. The van der Waals surface area contributed by atoms with Crippen molar-refractivity contribution in [3.8, 4) is 0 Å². The first kappa shape index (κ1) is 23.5. The number of hydrogen-bond acceptors (Lipinski definition) is 4. The monoisotopic (exact) mass is 436 g/mol. The molecule has 1 atom stereocenters. The van der Waals surface area contributed by atoms with Crippen molar-refractivity contribution in [1.82, 2.24) is 4.90 Å². The molecule has 1 heterocycles. The van der Waals surface area contributed by atoms with Crippen molar-refractivity contribution >= 4 is 23.6 Å². The van der Waals surface area contributed by atoms with Crippen molar-refractivity contribution in [2.75, 3.05) is 18.6 Å². The van der Waals surface area contributed by atoms with Gasteiger partial charge in [-0.15, -0.1) is 0 Å². The van der Waals surface area contributed by atoms with Crippen LogP contribution < -0.4 is 4.90 Å². The third-order valence-corrected chi connectivity index (χ3v) is 5.55. The molecule has 2 aromatic rings. The summed E-state index contributed by atoms with van der Waals surface area (Å²) < 4.78 is 5.15. The van der Waals surface area contributed by atoms with Gasteiger partial charge in [-0.2, -0.15) is 0 Å². The van der Waals surface area contributed by atoms with Crippen LogP contribution in [0.5, 0.6) is 0 Å². The third kappa shape index (κ3) is 6.19. The second-order valence-corrected chi connectivity index (χ2v) is 9.54. The van der Waals surface area contributed by atoms with Crippen molar-refractivity contribution in [3.63, 3.8) is 0 Å². The summed E-state index contributed by atoms with van der Waals surface area (Å²) in [5.74, 6) is -0.160. The zero-order valence-electron chi connectivity index (χ0n) is 19.3. The first-order valence-corrected chi connectivity index (χ1v) is 11.0. The van der Waals surface area contributed by atoms with Crippen LogP contribution in [0.1, 0.15) is 44.7 Å². The van der Waals surface area contributed by atoms with E-state index in [-0.39, 0.29) is 36.3 Å². The number of anilines is 1. The van der Waals surface area contributed by atoms with E-state index < -0.39 is 6.09 Å². The van der Waals surface area contributed by atoms with Crippen LogP contribution in [0.2, 0.25) is 0 Å². The molecule has 6 nitrogen and oxygen atoms in total. The van der Waals surface area contributed by atoms with Crippen LogP contribution in [0.25, 0.3) is 0 Å². The quantitative estimate of drug-likeness (QED) is 0.636. The number of aryl methyl sites for hydroxylation is 1. The van der Waals surface area contributed by atoms with E-state index >= 15 is 0 Å². The maximum Gasteiger partial charge on any atom is 0.416 e. The average molecular weight is 437 g/mol. The molecule has 0 aliphatic carbocycles. The summed E-state index contributed by atoms with van der Waals surface area (Å²) in [5.41, 5.74) is 2.79. The molecule has 1 aliphatic heterocycles. The summed E-state index contributed by atoms with van der Waals surface area (Å²) in [6, 6.07) is 17.1. The third-order valence-electron chi connectivity index (χ3n) is 5.55. The van der Waals surface area contributed by atoms with Crippen molar-refractivity contribution in [2.45, 2.75) is 52.5 Å². The maximum absolute atomic E-state index is 12.8. The zero-order chi connectivity index (χ0) is 23.3. The molecule has 32 heavy (non-hydrogen) atoms. The highest BCUT2D eigenvalue weighted by Gasteiger charge is 2.37. The Hall–Kier alpha value is -3.15. The van der Waals surface area contributed by atoms with Gasteiger partial charge in [0.2, 0.25) is 11.8 Å². The van der Waals surface area contributed by atoms with Crippen LogP contribution in [0.3, 0.4) is 0 Å². The molecular weight excluding hydrogens is 404 g/mol. The Morgan fingerprint density at radius 2 is 1.69 bits per heavy atom. The molecule has 3 amide bonds. The van der Waals surface area contributed by atoms with Crippen molar-refractivity contribution in [3.05, 3.63) is 65.7 Å². The van der Waals surface area contributed by atoms with E-state index in [0.717, 1.165) is 16.8 Å². The van der Waals surface area contributed by atoms with Gasteiger partial charge in [-0.3, -0.25) is 9.59 Å². The predicted octanol–water partition coefficient (Wildman–Crippen LogP) is 4.61. The minimum atomic E-state index is -0.565. The fraction of sp³-hybridized carbons (Fsp3) is 0.423. The highest BCUT2D eigenvalue weighted by molar-refractivity contribution is 5.94. The molecule has 0 aromatic heterocycles.